The molecular weight excluding hydrogens is 1360 g/mol. The Morgan fingerprint density at radius 2 is 0.609 bits per heavy atom. The molecule has 0 aromatic heterocycles. The van der Waals surface area contributed by atoms with E-state index in [9.17, 15) is 0 Å². The van der Waals surface area contributed by atoms with Crippen LogP contribution in [0.25, 0.3) is 45.5 Å². The van der Waals surface area contributed by atoms with Crippen molar-refractivity contribution in [2.24, 2.45) is 0 Å². The van der Waals surface area contributed by atoms with Crippen molar-refractivity contribution in [3.63, 3.8) is 0 Å². The predicted octanol–water partition coefficient (Wildman–Crippen LogP) is 25.6. The van der Waals surface area contributed by atoms with Crippen molar-refractivity contribution in [1.82, 2.24) is 0 Å². The first-order valence-electron chi connectivity index (χ1n) is 37.4. The summed E-state index contributed by atoms with van der Waals surface area (Å²) in [4.78, 5) is 4.28. The lowest BCUT2D eigenvalue weighted by atomic mass is 9.67. The number of fused-ring (bicyclic) bond motifs is 6. The number of aryl methyl sites for hydroxylation is 2. The van der Waals surface area contributed by atoms with Gasteiger partial charge in [0.15, 0.2) is 0 Å². The van der Waals surface area contributed by atoms with Crippen LogP contribution in [-0.4, -0.2) is 39.6 Å². The molecule has 8 nitrogen and oxygen atoms in total. The molecule has 2 atom stereocenters. The highest BCUT2D eigenvalue weighted by molar-refractivity contribution is 5.92. The topological polar surface area (TPSA) is 61.9 Å². The fourth-order valence-corrected chi connectivity index (χ4v) is 15.8. The van der Waals surface area contributed by atoms with Crippen LogP contribution in [-0.2, 0) is 20.3 Å². The van der Waals surface area contributed by atoms with E-state index in [-0.39, 0.29) is 11.6 Å². The number of benzene rings is 14. The van der Waals surface area contributed by atoms with Gasteiger partial charge >= 0.3 is 0 Å². The van der Waals surface area contributed by atoms with E-state index in [0.717, 1.165) is 135 Å². The maximum absolute atomic E-state index is 16.3. The van der Waals surface area contributed by atoms with Gasteiger partial charge in [-0.05, 0) is 273 Å². The normalized spacial score (nSPS) is 14.3. The minimum absolute atomic E-state index is 0.310. The number of anilines is 6. The zero-order valence-electron chi connectivity index (χ0n) is 61.9. The number of nitrogens with zero attached hydrogens (tertiary/aromatic N) is 2. The van der Waals surface area contributed by atoms with Crippen molar-refractivity contribution >= 4 is 46.3 Å². The van der Waals surface area contributed by atoms with Gasteiger partial charge in [0, 0.05) is 47.3 Å². The molecule has 0 saturated heterocycles. The molecule has 2 unspecified atom stereocenters. The number of halogens is 2. The molecule has 0 saturated carbocycles. The Morgan fingerprint density at radius 3 is 0.945 bits per heavy atom. The Morgan fingerprint density at radius 1 is 0.309 bits per heavy atom. The van der Waals surface area contributed by atoms with Crippen molar-refractivity contribution in [1.29, 1.82) is 0 Å². The van der Waals surface area contributed by atoms with Gasteiger partial charge < -0.3 is 38.2 Å². The molecule has 0 radical (unpaired) electrons. The zero-order valence-corrected chi connectivity index (χ0v) is 61.9. The molecule has 14 aromatic carbocycles. The van der Waals surface area contributed by atoms with Crippen LogP contribution in [0.15, 0.2) is 329 Å². The summed E-state index contributed by atoms with van der Waals surface area (Å²) in [6, 6.07) is 108. The van der Waals surface area contributed by atoms with Crippen LogP contribution in [0.1, 0.15) is 80.6 Å². The fraction of sp³-hybridized carbons (Fsp3) is 0.120. The molecule has 0 heterocycles. The second-order valence-electron chi connectivity index (χ2n) is 27.6. The van der Waals surface area contributed by atoms with Crippen molar-refractivity contribution in [2.45, 2.75) is 38.5 Å². The largest absolute Gasteiger partial charge is 0.491 e. The third-order valence-electron chi connectivity index (χ3n) is 21.2. The maximum Gasteiger partial charge on any atom is 0.128 e. The molecule has 0 aliphatic heterocycles. The van der Waals surface area contributed by atoms with E-state index in [1.54, 1.807) is 26.0 Å². The van der Waals surface area contributed by atoms with Crippen LogP contribution >= 0.6 is 0 Å². The summed E-state index contributed by atoms with van der Waals surface area (Å²) in [5.41, 5.74) is 20.9. The minimum atomic E-state index is -0.840. The second kappa shape index (κ2) is 31.2. The smallest absolute Gasteiger partial charge is 0.128 e. The number of ether oxygens (including phenoxy) is 6. The Labute approximate surface area is 642 Å². The highest BCUT2D eigenvalue weighted by Gasteiger charge is 2.48. The fourth-order valence-electron chi connectivity index (χ4n) is 15.8. The summed E-state index contributed by atoms with van der Waals surface area (Å²) in [5.74, 6) is 3.69. The van der Waals surface area contributed by atoms with Crippen molar-refractivity contribution in [3.8, 4) is 67.9 Å². The molecule has 0 N–H and O–H groups in total. The van der Waals surface area contributed by atoms with Crippen molar-refractivity contribution in [2.75, 3.05) is 49.4 Å². The molecule has 0 amide bonds. The minimum Gasteiger partial charge on any atom is -0.491 e. The Bertz CT molecular complexity index is 5300. The highest BCUT2D eigenvalue weighted by atomic mass is 19.1. The van der Waals surface area contributed by atoms with Crippen LogP contribution in [0.4, 0.5) is 42.9 Å². The van der Waals surface area contributed by atoms with Gasteiger partial charge in [-0.2, -0.15) is 0 Å². The van der Waals surface area contributed by atoms with Gasteiger partial charge in [-0.1, -0.05) is 195 Å². The summed E-state index contributed by atoms with van der Waals surface area (Å²) in [6.07, 6.45) is 3.63. The number of hydrogen-bond donors (Lipinski definition) is 0. The van der Waals surface area contributed by atoms with E-state index < -0.39 is 10.8 Å². The van der Waals surface area contributed by atoms with E-state index in [1.807, 2.05) is 147 Å². The molecule has 2 aliphatic carbocycles. The number of hydrogen-bond acceptors (Lipinski definition) is 8. The Balaban J connectivity index is 0.773. The molecule has 14 aromatic rings. The molecule has 0 spiro atoms. The van der Waals surface area contributed by atoms with E-state index in [1.165, 1.54) is 0 Å². The second-order valence-corrected chi connectivity index (χ2v) is 27.6. The first-order valence-corrected chi connectivity index (χ1v) is 37.4. The van der Waals surface area contributed by atoms with Gasteiger partial charge in [0.2, 0.25) is 0 Å². The maximum atomic E-state index is 16.3. The van der Waals surface area contributed by atoms with E-state index >= 15 is 8.78 Å². The first-order chi connectivity index (χ1) is 53.9. The summed E-state index contributed by atoms with van der Waals surface area (Å²) in [6.45, 7) is 18.4. The van der Waals surface area contributed by atoms with Crippen LogP contribution in [0.3, 0.4) is 0 Å². The third kappa shape index (κ3) is 13.6. The molecule has 110 heavy (non-hydrogen) atoms. The monoisotopic (exact) mass is 1440 g/mol. The Hall–Kier alpha value is -12.9. The third-order valence-corrected chi connectivity index (χ3v) is 21.2. The summed E-state index contributed by atoms with van der Waals surface area (Å²) < 4.78 is 69.1. The first kappa shape index (κ1) is 71.4. The van der Waals surface area contributed by atoms with Crippen LogP contribution in [0.2, 0.25) is 0 Å². The van der Waals surface area contributed by atoms with Crippen molar-refractivity contribution < 1.29 is 37.2 Å². The van der Waals surface area contributed by atoms with E-state index in [2.05, 4.69) is 205 Å². The van der Waals surface area contributed by atoms with Crippen LogP contribution in [0, 0.1) is 25.5 Å². The van der Waals surface area contributed by atoms with E-state index in [4.69, 9.17) is 28.4 Å². The molecular formula is C100H82F2N2O6. The Kier molecular flexibility index (Phi) is 20.2. The number of rotatable bonds is 27. The lowest BCUT2D eigenvalue weighted by Crippen LogP contribution is -2.28. The zero-order chi connectivity index (χ0) is 75.3. The average molecular weight is 1450 g/mol. The van der Waals surface area contributed by atoms with Crippen LogP contribution < -0.4 is 28.7 Å². The van der Waals surface area contributed by atoms with E-state index in [0.29, 0.717) is 73.6 Å². The van der Waals surface area contributed by atoms with Crippen molar-refractivity contribution in [3.05, 3.63) is 407 Å². The van der Waals surface area contributed by atoms with Gasteiger partial charge in [0.25, 0.3) is 0 Å². The molecule has 2 aliphatic rings. The van der Waals surface area contributed by atoms with Crippen LogP contribution in [0.5, 0.6) is 34.5 Å². The highest BCUT2D eigenvalue weighted by Crippen LogP contribution is 2.60. The summed E-state index contributed by atoms with van der Waals surface area (Å²) in [7, 11) is 0. The SMILES string of the molecule is C=Cc1ccc(Oc2ccc(C3(c4ccc(OCCOCC)cc4)c4ccccc4-c4ccc(N(c5ccc(-c6ccc(N(c7ccc(C)c(F)c7)c7ccc8c(c7)C(c7ccc(OCCOCC)cc7)(c7ccc(Oc9ccc(C=C)cc9)cc7)c7ccccc7-8)cc6)cc5)c5ccc(C)c(F)c5)cc43)cc2)cc1. The van der Waals surface area contributed by atoms with Gasteiger partial charge in [0.05, 0.1) is 24.0 Å². The molecule has 16 rings (SSSR count). The van der Waals surface area contributed by atoms with Gasteiger partial charge in [0.1, 0.15) is 59.3 Å². The quantitative estimate of drug-likeness (QED) is 0.0472. The molecule has 10 heteroatoms. The standard InChI is InChI=1S/C100H82F2N2O6/c1-7-69-21-45-85(46-22-69)109-87-53-33-75(34-54-87)99(73-29-49-83(50-30-73)107-61-59-105-9-3)93-17-13-11-15-89(93)91-57-43-79(63-95(91)99)103(81-37-19-67(5)97(101)65-81)77-39-25-71(26-40-77)72-27-41-78(42-28-72)104(82-38-20-68(6)98(102)66-82)80-44-58-92-90-16-12-14-18-94(90)100(96(92)64-80,74-31-51-84(52-32-74)108-62-60-106-10-4)76-35-55-88(56-36-76)110-86-47-23-70(8-2)24-48-86/h7-8,11-58,63-66H,1-2,9-10,59-62H2,3-6H3. The van der Waals surface area contributed by atoms with Gasteiger partial charge in [-0.3, -0.25) is 0 Å². The lowest BCUT2D eigenvalue weighted by Gasteiger charge is -2.35. The predicted molar refractivity (Wildman–Crippen MR) is 442 cm³/mol. The molecule has 0 fully saturated rings. The lowest BCUT2D eigenvalue weighted by molar-refractivity contribution is 0.110. The summed E-state index contributed by atoms with van der Waals surface area (Å²) in [5, 5.41) is 0. The molecule has 0 bridgehead atoms. The van der Waals surface area contributed by atoms with Gasteiger partial charge in [-0.15, -0.1) is 0 Å². The average Bonchev–Trinajstić information content (AvgIpc) is 1.54. The van der Waals surface area contributed by atoms with Gasteiger partial charge in [-0.25, -0.2) is 8.78 Å². The molecule has 542 valence electrons. The summed E-state index contributed by atoms with van der Waals surface area (Å²) >= 11 is 0.